The summed E-state index contributed by atoms with van der Waals surface area (Å²) in [4.78, 5) is 22.9. The average molecular weight is 264 g/mol. The van der Waals surface area contributed by atoms with Crippen molar-refractivity contribution in [2.45, 2.75) is 25.8 Å². The summed E-state index contributed by atoms with van der Waals surface area (Å²) >= 11 is 0. The summed E-state index contributed by atoms with van der Waals surface area (Å²) in [6.07, 6.45) is 0.294. The Labute approximate surface area is 111 Å². The van der Waals surface area contributed by atoms with Crippen molar-refractivity contribution in [1.29, 1.82) is 0 Å². The minimum Gasteiger partial charge on any atom is -0.368 e. The summed E-state index contributed by atoms with van der Waals surface area (Å²) in [6.45, 7) is 5.42. The number of carbonyl (C=O) groups is 2. The lowest BCUT2D eigenvalue weighted by molar-refractivity contribution is -0.126. The minimum absolute atomic E-state index is 0.00225. The van der Waals surface area contributed by atoms with Crippen LogP contribution < -0.4 is 11.1 Å². The van der Waals surface area contributed by atoms with Crippen LogP contribution in [0.15, 0.2) is 36.4 Å². The van der Waals surface area contributed by atoms with E-state index in [1.54, 1.807) is 13.0 Å². The zero-order chi connectivity index (χ0) is 14.4. The number of rotatable bonds is 6. The van der Waals surface area contributed by atoms with Gasteiger partial charge in [0, 0.05) is 0 Å². The highest BCUT2D eigenvalue weighted by molar-refractivity contribution is 5.87. The molecule has 0 aromatic heterocycles. The number of halogens is 1. The molecule has 1 atom stereocenters. The van der Waals surface area contributed by atoms with Crippen molar-refractivity contribution in [3.8, 4) is 0 Å². The predicted molar refractivity (Wildman–Crippen MR) is 70.7 cm³/mol. The van der Waals surface area contributed by atoms with Crippen LogP contribution in [0.3, 0.4) is 0 Å². The zero-order valence-corrected chi connectivity index (χ0v) is 10.8. The second-order valence-corrected chi connectivity index (χ2v) is 4.49. The molecule has 0 saturated carbocycles. The third-order valence-electron chi connectivity index (χ3n) is 2.48. The van der Waals surface area contributed by atoms with Gasteiger partial charge < -0.3 is 11.1 Å². The van der Waals surface area contributed by atoms with Gasteiger partial charge in [0.1, 0.15) is 11.9 Å². The van der Waals surface area contributed by atoms with Crippen molar-refractivity contribution in [3.63, 3.8) is 0 Å². The van der Waals surface area contributed by atoms with Crippen LogP contribution in [0.2, 0.25) is 0 Å². The van der Waals surface area contributed by atoms with E-state index in [2.05, 4.69) is 11.9 Å². The van der Waals surface area contributed by atoms with Gasteiger partial charge in [-0.05, 0) is 31.0 Å². The molecule has 0 radical (unpaired) electrons. The molecule has 5 heteroatoms. The first-order chi connectivity index (χ1) is 8.88. The number of carbonyl (C=O) groups excluding carboxylic acids is 2. The first kappa shape index (κ1) is 14.9. The Bertz CT molecular complexity index is 500. The fourth-order valence-corrected chi connectivity index (χ4v) is 1.65. The molecule has 1 aromatic carbocycles. The van der Waals surface area contributed by atoms with Crippen molar-refractivity contribution in [1.82, 2.24) is 5.32 Å². The Balaban J connectivity index is 2.62. The number of hydrogen-bond acceptors (Lipinski definition) is 2. The average Bonchev–Trinajstić information content (AvgIpc) is 2.27. The Morgan fingerprint density at radius 3 is 2.68 bits per heavy atom. The van der Waals surface area contributed by atoms with Crippen molar-refractivity contribution < 1.29 is 14.0 Å². The van der Waals surface area contributed by atoms with Crippen molar-refractivity contribution in [3.05, 3.63) is 47.8 Å². The molecule has 2 amide bonds. The minimum atomic E-state index is -0.779. The fraction of sp³-hybridized carbons (Fsp3) is 0.286. The molecule has 0 fully saturated rings. The summed E-state index contributed by atoms with van der Waals surface area (Å²) in [7, 11) is 0. The Morgan fingerprint density at radius 2 is 2.16 bits per heavy atom. The smallest absolute Gasteiger partial charge is 0.240 e. The molecular formula is C14H17FN2O2. The first-order valence-electron chi connectivity index (χ1n) is 5.86. The Hall–Kier alpha value is -2.17. The zero-order valence-electron chi connectivity index (χ0n) is 10.8. The van der Waals surface area contributed by atoms with Crippen LogP contribution in [-0.4, -0.2) is 17.9 Å². The third kappa shape index (κ3) is 5.33. The molecule has 0 unspecified atom stereocenters. The van der Waals surface area contributed by atoms with Gasteiger partial charge in [0.05, 0.1) is 6.42 Å². The summed E-state index contributed by atoms with van der Waals surface area (Å²) < 4.78 is 13.0. The monoisotopic (exact) mass is 264 g/mol. The van der Waals surface area contributed by atoms with Crippen LogP contribution in [0, 0.1) is 5.82 Å². The summed E-state index contributed by atoms with van der Waals surface area (Å²) in [5, 5.41) is 2.52. The van der Waals surface area contributed by atoms with Gasteiger partial charge in [0.15, 0.2) is 0 Å². The molecule has 1 aromatic rings. The van der Waals surface area contributed by atoms with Gasteiger partial charge in [-0.2, -0.15) is 0 Å². The molecule has 4 nitrogen and oxygen atoms in total. The maximum Gasteiger partial charge on any atom is 0.240 e. The predicted octanol–water partition coefficient (Wildman–Crippen LogP) is 1.30. The fourth-order valence-electron chi connectivity index (χ4n) is 1.65. The molecule has 102 valence electrons. The van der Waals surface area contributed by atoms with Gasteiger partial charge in [-0.25, -0.2) is 4.39 Å². The van der Waals surface area contributed by atoms with Gasteiger partial charge >= 0.3 is 0 Å². The first-order valence-corrected chi connectivity index (χ1v) is 5.86. The van der Waals surface area contributed by atoms with E-state index in [4.69, 9.17) is 5.73 Å². The number of amides is 2. The molecular weight excluding hydrogens is 247 g/mol. The summed E-state index contributed by atoms with van der Waals surface area (Å²) in [5.41, 5.74) is 6.48. The van der Waals surface area contributed by atoms with E-state index in [-0.39, 0.29) is 12.3 Å². The normalized spacial score (nSPS) is 11.7. The highest BCUT2D eigenvalue weighted by Gasteiger charge is 2.18. The van der Waals surface area contributed by atoms with Gasteiger partial charge in [0.2, 0.25) is 11.8 Å². The SMILES string of the molecule is C=C(C)C[C@H](NC(=O)Cc1cccc(F)c1)C(N)=O. The maximum atomic E-state index is 13.0. The number of benzene rings is 1. The summed E-state index contributed by atoms with van der Waals surface area (Å²) in [6, 6.07) is 4.96. The van der Waals surface area contributed by atoms with Crippen LogP contribution in [0.1, 0.15) is 18.9 Å². The molecule has 0 spiro atoms. The van der Waals surface area contributed by atoms with Crippen LogP contribution in [0.25, 0.3) is 0 Å². The van der Waals surface area contributed by atoms with E-state index < -0.39 is 17.8 Å². The van der Waals surface area contributed by atoms with E-state index in [0.717, 1.165) is 5.57 Å². The van der Waals surface area contributed by atoms with Crippen molar-refractivity contribution >= 4 is 11.8 Å². The number of hydrogen-bond donors (Lipinski definition) is 2. The molecule has 3 N–H and O–H groups in total. The lowest BCUT2D eigenvalue weighted by atomic mass is 10.1. The molecule has 0 aliphatic rings. The van der Waals surface area contributed by atoms with Crippen molar-refractivity contribution in [2.75, 3.05) is 0 Å². The molecule has 0 aliphatic carbocycles. The van der Waals surface area contributed by atoms with Gasteiger partial charge in [0.25, 0.3) is 0 Å². The summed E-state index contributed by atoms with van der Waals surface area (Å²) in [5.74, 6) is -1.40. The largest absolute Gasteiger partial charge is 0.368 e. The van der Waals surface area contributed by atoms with Gasteiger partial charge in [-0.3, -0.25) is 9.59 Å². The topological polar surface area (TPSA) is 72.2 Å². The number of nitrogens with one attached hydrogen (secondary N) is 1. The third-order valence-corrected chi connectivity index (χ3v) is 2.48. The van der Waals surface area contributed by atoms with Crippen LogP contribution in [-0.2, 0) is 16.0 Å². The number of nitrogens with two attached hydrogens (primary N) is 1. The lowest BCUT2D eigenvalue weighted by Gasteiger charge is -2.15. The van der Waals surface area contributed by atoms with Gasteiger partial charge in [-0.1, -0.05) is 17.7 Å². The molecule has 0 bridgehead atoms. The molecule has 19 heavy (non-hydrogen) atoms. The molecule has 0 aliphatic heterocycles. The van der Waals surface area contributed by atoms with Crippen LogP contribution in [0.4, 0.5) is 4.39 Å². The highest BCUT2D eigenvalue weighted by Crippen LogP contribution is 2.06. The standard InChI is InChI=1S/C14H17FN2O2/c1-9(2)6-12(14(16)19)17-13(18)8-10-4-3-5-11(15)7-10/h3-5,7,12H,1,6,8H2,2H3,(H2,16,19)(H,17,18)/t12-/m0/s1. The Morgan fingerprint density at radius 1 is 1.47 bits per heavy atom. The van der Waals surface area contributed by atoms with E-state index in [0.29, 0.717) is 12.0 Å². The molecule has 0 heterocycles. The molecule has 1 rings (SSSR count). The quantitative estimate of drug-likeness (QED) is 0.760. The maximum absolute atomic E-state index is 13.0. The van der Waals surface area contributed by atoms with E-state index >= 15 is 0 Å². The second kappa shape index (κ2) is 6.68. The lowest BCUT2D eigenvalue weighted by Crippen LogP contribution is -2.45. The van der Waals surface area contributed by atoms with Crippen LogP contribution >= 0.6 is 0 Å². The molecule has 0 saturated heterocycles. The van der Waals surface area contributed by atoms with Crippen molar-refractivity contribution in [2.24, 2.45) is 5.73 Å². The van der Waals surface area contributed by atoms with E-state index in [1.807, 2.05) is 0 Å². The van der Waals surface area contributed by atoms with E-state index in [1.165, 1.54) is 18.2 Å². The number of primary amides is 1. The highest BCUT2D eigenvalue weighted by atomic mass is 19.1. The van der Waals surface area contributed by atoms with Gasteiger partial charge in [-0.15, -0.1) is 6.58 Å². The van der Waals surface area contributed by atoms with E-state index in [9.17, 15) is 14.0 Å². The van der Waals surface area contributed by atoms with Crippen LogP contribution in [0.5, 0.6) is 0 Å². The second-order valence-electron chi connectivity index (χ2n) is 4.49. The Kier molecular flexibility index (Phi) is 5.23.